The molecule has 1 fully saturated rings. The minimum atomic E-state index is -3.00. The van der Waals surface area contributed by atoms with Gasteiger partial charge in [0.2, 0.25) is 0 Å². The first-order valence-electron chi connectivity index (χ1n) is 7.19. The van der Waals surface area contributed by atoms with Crippen molar-refractivity contribution in [2.75, 3.05) is 18.6 Å². The Morgan fingerprint density at radius 3 is 2.77 bits per heavy atom. The van der Waals surface area contributed by atoms with E-state index >= 15 is 0 Å². The Morgan fingerprint density at radius 2 is 2.14 bits per heavy atom. The molecule has 0 radical (unpaired) electrons. The summed E-state index contributed by atoms with van der Waals surface area (Å²) in [6.45, 7) is 1.91. The third kappa shape index (κ3) is 2.49. The Morgan fingerprint density at radius 1 is 1.41 bits per heavy atom. The summed E-state index contributed by atoms with van der Waals surface area (Å²) < 4.78 is 25.1. The lowest BCUT2D eigenvalue weighted by Gasteiger charge is -2.23. The SMILES string of the molecule is Cc1nc2cc(C(=O)N(C)C3CCS(=O)(=O)C3)ccc2n1C. The summed E-state index contributed by atoms with van der Waals surface area (Å²) in [5, 5.41) is 0. The third-order valence-corrected chi connectivity index (χ3v) is 6.18. The number of carbonyl (C=O) groups excluding carboxylic acids is 1. The number of rotatable bonds is 2. The molecular weight excluding hydrogens is 302 g/mol. The van der Waals surface area contributed by atoms with Gasteiger partial charge in [-0.05, 0) is 31.5 Å². The van der Waals surface area contributed by atoms with Gasteiger partial charge in [0.1, 0.15) is 5.82 Å². The average Bonchev–Trinajstić information content (AvgIpc) is 2.97. The molecule has 0 aliphatic carbocycles. The second kappa shape index (κ2) is 5.08. The topological polar surface area (TPSA) is 72.3 Å². The van der Waals surface area contributed by atoms with E-state index in [2.05, 4.69) is 4.98 Å². The largest absolute Gasteiger partial charge is 0.338 e. The molecule has 1 unspecified atom stereocenters. The second-order valence-electron chi connectivity index (χ2n) is 5.89. The van der Waals surface area contributed by atoms with Gasteiger partial charge in [0.05, 0.1) is 22.5 Å². The van der Waals surface area contributed by atoms with E-state index in [1.54, 1.807) is 24.1 Å². The van der Waals surface area contributed by atoms with E-state index in [-0.39, 0.29) is 23.5 Å². The average molecular weight is 321 g/mol. The van der Waals surface area contributed by atoms with Gasteiger partial charge in [-0.25, -0.2) is 13.4 Å². The molecular formula is C15H19N3O3S. The van der Waals surface area contributed by atoms with Crippen LogP contribution in [-0.4, -0.2) is 53.4 Å². The van der Waals surface area contributed by atoms with Crippen LogP contribution in [0, 0.1) is 6.92 Å². The summed E-state index contributed by atoms with van der Waals surface area (Å²) in [5.41, 5.74) is 2.29. The van der Waals surface area contributed by atoms with Crippen LogP contribution in [0.4, 0.5) is 0 Å². The normalized spacial score (nSPS) is 20.4. The highest BCUT2D eigenvalue weighted by molar-refractivity contribution is 7.91. The third-order valence-electron chi connectivity index (χ3n) is 4.43. The number of amides is 1. The Hall–Kier alpha value is -1.89. The molecule has 7 heteroatoms. The van der Waals surface area contributed by atoms with Gasteiger partial charge >= 0.3 is 0 Å². The minimum absolute atomic E-state index is 0.0557. The first-order chi connectivity index (χ1) is 10.3. The number of hydrogen-bond acceptors (Lipinski definition) is 4. The number of sulfone groups is 1. The van der Waals surface area contributed by atoms with Crippen molar-refractivity contribution < 1.29 is 13.2 Å². The standard InChI is InChI=1S/C15H19N3O3S/c1-10-16-13-8-11(4-5-14(13)17(10)2)15(19)18(3)12-6-7-22(20,21)9-12/h4-5,8,12H,6-7,9H2,1-3H3. The van der Waals surface area contributed by atoms with Crippen LogP contribution in [0.25, 0.3) is 11.0 Å². The highest BCUT2D eigenvalue weighted by Crippen LogP contribution is 2.21. The molecule has 0 N–H and O–H groups in total. The fourth-order valence-corrected chi connectivity index (χ4v) is 4.68. The molecule has 0 spiro atoms. The molecule has 1 saturated heterocycles. The number of fused-ring (bicyclic) bond motifs is 1. The van der Waals surface area contributed by atoms with Crippen LogP contribution in [0.15, 0.2) is 18.2 Å². The predicted molar refractivity (Wildman–Crippen MR) is 84.6 cm³/mol. The molecule has 1 aromatic heterocycles. The zero-order chi connectivity index (χ0) is 16.1. The van der Waals surface area contributed by atoms with Crippen molar-refractivity contribution in [1.82, 2.24) is 14.5 Å². The van der Waals surface area contributed by atoms with Gasteiger partial charge in [-0.1, -0.05) is 0 Å². The van der Waals surface area contributed by atoms with Crippen molar-refractivity contribution in [2.24, 2.45) is 7.05 Å². The van der Waals surface area contributed by atoms with Crippen molar-refractivity contribution in [3.05, 3.63) is 29.6 Å². The van der Waals surface area contributed by atoms with Gasteiger partial charge in [0.25, 0.3) is 5.91 Å². The summed E-state index contributed by atoms with van der Waals surface area (Å²) in [5.74, 6) is 0.940. The fraction of sp³-hybridized carbons (Fsp3) is 0.467. The molecule has 0 bridgehead atoms. The highest BCUT2D eigenvalue weighted by atomic mass is 32.2. The summed E-state index contributed by atoms with van der Waals surface area (Å²) in [6.07, 6.45) is 0.509. The van der Waals surface area contributed by atoms with E-state index in [1.807, 2.05) is 24.6 Å². The van der Waals surface area contributed by atoms with Crippen LogP contribution in [0.1, 0.15) is 22.6 Å². The molecule has 118 valence electrons. The molecule has 2 heterocycles. The zero-order valence-electron chi connectivity index (χ0n) is 12.9. The summed E-state index contributed by atoms with van der Waals surface area (Å²) >= 11 is 0. The minimum Gasteiger partial charge on any atom is -0.338 e. The highest BCUT2D eigenvalue weighted by Gasteiger charge is 2.33. The van der Waals surface area contributed by atoms with Crippen molar-refractivity contribution in [2.45, 2.75) is 19.4 Å². The number of imidazole rings is 1. The quantitative estimate of drug-likeness (QED) is 0.831. The van der Waals surface area contributed by atoms with E-state index in [9.17, 15) is 13.2 Å². The molecule has 0 saturated carbocycles. The maximum absolute atomic E-state index is 12.6. The maximum atomic E-state index is 12.6. The van der Waals surface area contributed by atoms with E-state index in [0.717, 1.165) is 16.9 Å². The lowest BCUT2D eigenvalue weighted by Crippen LogP contribution is -2.37. The predicted octanol–water partition coefficient (Wildman–Crippen LogP) is 1.14. The molecule has 1 aliphatic heterocycles. The van der Waals surface area contributed by atoms with Crippen LogP contribution < -0.4 is 0 Å². The molecule has 6 nitrogen and oxygen atoms in total. The van der Waals surface area contributed by atoms with Crippen LogP contribution in [0.3, 0.4) is 0 Å². The van der Waals surface area contributed by atoms with Crippen molar-refractivity contribution in [3.8, 4) is 0 Å². The molecule has 1 atom stereocenters. The van der Waals surface area contributed by atoms with Crippen LogP contribution in [0.2, 0.25) is 0 Å². The summed E-state index contributed by atoms with van der Waals surface area (Å²) in [7, 11) is 0.598. The van der Waals surface area contributed by atoms with E-state index < -0.39 is 9.84 Å². The summed E-state index contributed by atoms with van der Waals surface area (Å²) in [6, 6.07) is 5.18. The molecule has 1 aromatic carbocycles. The second-order valence-corrected chi connectivity index (χ2v) is 8.12. The number of benzene rings is 1. The van der Waals surface area contributed by atoms with Crippen molar-refractivity contribution in [1.29, 1.82) is 0 Å². The number of nitrogens with zero attached hydrogens (tertiary/aromatic N) is 3. The number of hydrogen-bond donors (Lipinski definition) is 0. The van der Waals surface area contributed by atoms with Gasteiger partial charge in [-0.15, -0.1) is 0 Å². The van der Waals surface area contributed by atoms with Gasteiger partial charge in [-0.3, -0.25) is 4.79 Å². The monoisotopic (exact) mass is 321 g/mol. The zero-order valence-corrected chi connectivity index (χ0v) is 13.7. The fourth-order valence-electron chi connectivity index (χ4n) is 2.90. The van der Waals surface area contributed by atoms with Crippen LogP contribution in [-0.2, 0) is 16.9 Å². The van der Waals surface area contributed by atoms with Crippen molar-refractivity contribution in [3.63, 3.8) is 0 Å². The summed E-state index contributed by atoms with van der Waals surface area (Å²) in [4.78, 5) is 18.5. The molecule has 22 heavy (non-hydrogen) atoms. The number of aryl methyl sites for hydroxylation is 2. The Kier molecular flexibility index (Phi) is 3.47. The smallest absolute Gasteiger partial charge is 0.253 e. The van der Waals surface area contributed by atoms with Crippen molar-refractivity contribution >= 4 is 26.8 Å². The molecule has 3 rings (SSSR count). The Bertz CT molecular complexity index is 854. The van der Waals surface area contributed by atoms with Gasteiger partial charge in [0.15, 0.2) is 9.84 Å². The molecule has 1 amide bonds. The first-order valence-corrected chi connectivity index (χ1v) is 9.01. The first kappa shape index (κ1) is 15.0. The Labute approximate surface area is 129 Å². The molecule has 2 aromatic rings. The lowest BCUT2D eigenvalue weighted by atomic mass is 10.1. The van der Waals surface area contributed by atoms with E-state index in [0.29, 0.717) is 12.0 Å². The molecule has 1 aliphatic rings. The van der Waals surface area contributed by atoms with Gasteiger partial charge in [0, 0.05) is 25.7 Å². The van der Waals surface area contributed by atoms with Crippen LogP contribution >= 0.6 is 0 Å². The van der Waals surface area contributed by atoms with Gasteiger partial charge in [-0.2, -0.15) is 0 Å². The maximum Gasteiger partial charge on any atom is 0.253 e. The lowest BCUT2D eigenvalue weighted by molar-refractivity contribution is 0.0748. The number of carbonyl (C=O) groups is 1. The van der Waals surface area contributed by atoms with Crippen LogP contribution in [0.5, 0.6) is 0 Å². The van der Waals surface area contributed by atoms with E-state index in [1.165, 1.54) is 0 Å². The van der Waals surface area contributed by atoms with Gasteiger partial charge < -0.3 is 9.47 Å². The number of aromatic nitrogens is 2. The van der Waals surface area contributed by atoms with E-state index in [4.69, 9.17) is 0 Å². The Balaban J connectivity index is 1.88.